The summed E-state index contributed by atoms with van der Waals surface area (Å²) < 4.78 is 23.4. The minimum absolute atomic E-state index is 0.0704. The van der Waals surface area contributed by atoms with E-state index in [9.17, 15) is 8.42 Å². The molecule has 7 heteroatoms. The maximum Gasteiger partial charge on any atom is 0.152 e. The number of thiocarbonyl (C=S) groups is 1. The van der Waals surface area contributed by atoms with Gasteiger partial charge < -0.3 is 11.1 Å². The molecule has 20 heavy (non-hydrogen) atoms. The van der Waals surface area contributed by atoms with E-state index in [0.29, 0.717) is 11.4 Å². The van der Waals surface area contributed by atoms with Gasteiger partial charge >= 0.3 is 0 Å². The topological polar surface area (TPSA) is 72.2 Å². The summed E-state index contributed by atoms with van der Waals surface area (Å²) in [6, 6.07) is 5.71. The number of hydrogen-bond acceptors (Lipinski definition) is 5. The van der Waals surface area contributed by atoms with Crippen LogP contribution in [0.5, 0.6) is 0 Å². The maximum atomic E-state index is 11.7. The van der Waals surface area contributed by atoms with Crippen LogP contribution < -0.4 is 11.1 Å². The van der Waals surface area contributed by atoms with Crippen molar-refractivity contribution in [2.24, 2.45) is 5.73 Å². The van der Waals surface area contributed by atoms with E-state index in [4.69, 9.17) is 18.0 Å². The molecule has 1 heterocycles. The highest BCUT2D eigenvalue weighted by atomic mass is 32.2. The van der Waals surface area contributed by atoms with Gasteiger partial charge in [-0.2, -0.15) is 0 Å². The van der Waals surface area contributed by atoms with Crippen LogP contribution in [0.25, 0.3) is 0 Å². The quantitative estimate of drug-likeness (QED) is 0.650. The molecule has 1 atom stereocenters. The first-order valence-electron chi connectivity index (χ1n) is 6.37. The average molecular weight is 331 g/mol. The van der Waals surface area contributed by atoms with Gasteiger partial charge in [-0.3, -0.25) is 0 Å². The summed E-state index contributed by atoms with van der Waals surface area (Å²) in [5, 5.41) is 3.30. The van der Waals surface area contributed by atoms with E-state index in [1.165, 1.54) is 0 Å². The van der Waals surface area contributed by atoms with E-state index in [1.54, 1.807) is 11.8 Å². The molecule has 110 valence electrons. The van der Waals surface area contributed by atoms with Crippen LogP contribution in [-0.4, -0.2) is 37.2 Å². The number of rotatable bonds is 4. The van der Waals surface area contributed by atoms with E-state index >= 15 is 0 Å². The standard InChI is InChI=1S/C13H18N2O2S3/c1-19-11-6-2-5-10(12(11)13(14)18)15-9-4-3-7-20(16,17)8-9/h2,5-6,9,15H,3-4,7-8H2,1H3,(H2,14,18). The Balaban J connectivity index is 2.27. The fourth-order valence-electron chi connectivity index (χ4n) is 2.43. The maximum absolute atomic E-state index is 11.7. The Morgan fingerprint density at radius 2 is 2.25 bits per heavy atom. The van der Waals surface area contributed by atoms with Crippen LogP contribution in [0.1, 0.15) is 18.4 Å². The zero-order valence-corrected chi connectivity index (χ0v) is 13.7. The summed E-state index contributed by atoms with van der Waals surface area (Å²) in [5.41, 5.74) is 7.44. The highest BCUT2D eigenvalue weighted by Gasteiger charge is 2.25. The lowest BCUT2D eigenvalue weighted by atomic mass is 10.1. The van der Waals surface area contributed by atoms with Crippen LogP contribution in [0.2, 0.25) is 0 Å². The second kappa shape index (κ2) is 6.32. The first-order chi connectivity index (χ1) is 9.43. The number of benzene rings is 1. The molecular formula is C13H18N2O2S3. The molecule has 0 aliphatic carbocycles. The van der Waals surface area contributed by atoms with Crippen LogP contribution in [0, 0.1) is 0 Å². The second-order valence-electron chi connectivity index (χ2n) is 4.84. The molecule has 1 fully saturated rings. The van der Waals surface area contributed by atoms with Gasteiger partial charge in [0.15, 0.2) is 9.84 Å². The van der Waals surface area contributed by atoms with E-state index in [-0.39, 0.29) is 17.5 Å². The van der Waals surface area contributed by atoms with Crippen molar-refractivity contribution in [1.82, 2.24) is 0 Å². The SMILES string of the molecule is CSc1cccc(NC2CCCS(=O)(=O)C2)c1C(N)=S. The van der Waals surface area contributed by atoms with Crippen LogP contribution in [-0.2, 0) is 9.84 Å². The number of anilines is 1. The Labute approximate surface area is 129 Å². The van der Waals surface area contributed by atoms with Crippen molar-refractivity contribution >= 4 is 44.5 Å². The zero-order valence-electron chi connectivity index (χ0n) is 11.3. The molecule has 1 aliphatic heterocycles. The molecule has 0 amide bonds. The fourth-order valence-corrected chi connectivity index (χ4v) is 4.99. The van der Waals surface area contributed by atoms with Gasteiger partial charge in [-0.05, 0) is 31.2 Å². The number of sulfone groups is 1. The summed E-state index contributed by atoms with van der Waals surface area (Å²) in [4.78, 5) is 1.33. The monoisotopic (exact) mass is 330 g/mol. The van der Waals surface area contributed by atoms with E-state index in [2.05, 4.69) is 5.32 Å². The Morgan fingerprint density at radius 1 is 1.50 bits per heavy atom. The highest BCUT2D eigenvalue weighted by Crippen LogP contribution is 2.28. The minimum atomic E-state index is -2.93. The van der Waals surface area contributed by atoms with Crippen LogP contribution in [0.3, 0.4) is 0 Å². The lowest BCUT2D eigenvalue weighted by Crippen LogP contribution is -2.35. The van der Waals surface area contributed by atoms with E-state index in [0.717, 1.165) is 22.6 Å². The average Bonchev–Trinajstić information content (AvgIpc) is 2.36. The second-order valence-corrected chi connectivity index (χ2v) is 8.36. The predicted octanol–water partition coefficient (Wildman–Crippen LogP) is 2.03. The molecule has 1 saturated heterocycles. The molecule has 1 unspecified atom stereocenters. The summed E-state index contributed by atoms with van der Waals surface area (Å²) in [5.74, 6) is 0.464. The zero-order chi connectivity index (χ0) is 14.8. The van der Waals surface area contributed by atoms with Gasteiger partial charge in [-0.15, -0.1) is 11.8 Å². The van der Waals surface area contributed by atoms with Crippen molar-refractivity contribution in [3.8, 4) is 0 Å². The van der Waals surface area contributed by atoms with E-state index < -0.39 is 9.84 Å². The third kappa shape index (κ3) is 3.65. The van der Waals surface area contributed by atoms with Crippen molar-refractivity contribution in [3.05, 3.63) is 23.8 Å². The third-order valence-corrected chi connectivity index (χ3v) is 6.12. The molecule has 2 rings (SSSR count). The molecule has 0 saturated carbocycles. The molecule has 0 aromatic heterocycles. The molecule has 1 aromatic rings. The summed E-state index contributed by atoms with van der Waals surface area (Å²) in [7, 11) is -2.93. The molecular weight excluding hydrogens is 312 g/mol. The third-order valence-electron chi connectivity index (χ3n) is 3.32. The Morgan fingerprint density at radius 3 is 2.85 bits per heavy atom. The van der Waals surface area contributed by atoms with Crippen LogP contribution in [0.15, 0.2) is 23.1 Å². The molecule has 3 N–H and O–H groups in total. The van der Waals surface area contributed by atoms with Crippen molar-refractivity contribution < 1.29 is 8.42 Å². The fraction of sp³-hybridized carbons (Fsp3) is 0.462. The highest BCUT2D eigenvalue weighted by molar-refractivity contribution is 7.98. The Bertz CT molecular complexity index is 614. The summed E-state index contributed by atoms with van der Waals surface area (Å²) in [6.45, 7) is 0. The van der Waals surface area contributed by atoms with Gasteiger partial charge in [0.2, 0.25) is 0 Å². The van der Waals surface area contributed by atoms with Gasteiger partial charge in [0.05, 0.1) is 11.5 Å². The van der Waals surface area contributed by atoms with E-state index in [1.807, 2.05) is 24.5 Å². The summed E-state index contributed by atoms with van der Waals surface area (Å²) in [6.07, 6.45) is 3.51. The van der Waals surface area contributed by atoms with Crippen LogP contribution >= 0.6 is 24.0 Å². The molecule has 0 spiro atoms. The van der Waals surface area contributed by atoms with Crippen molar-refractivity contribution in [3.63, 3.8) is 0 Å². The van der Waals surface area contributed by atoms with Gasteiger partial charge in [0, 0.05) is 22.2 Å². The smallest absolute Gasteiger partial charge is 0.152 e. The van der Waals surface area contributed by atoms with Crippen LogP contribution in [0.4, 0.5) is 5.69 Å². The largest absolute Gasteiger partial charge is 0.389 e. The Kier molecular flexibility index (Phi) is 4.93. The molecule has 1 aliphatic rings. The normalized spacial score (nSPS) is 21.4. The van der Waals surface area contributed by atoms with Crippen molar-refractivity contribution in [2.75, 3.05) is 23.1 Å². The number of thioether (sulfide) groups is 1. The molecule has 0 radical (unpaired) electrons. The first kappa shape index (κ1) is 15.6. The number of hydrogen-bond donors (Lipinski definition) is 2. The number of nitrogens with two attached hydrogens (primary N) is 1. The van der Waals surface area contributed by atoms with Gasteiger partial charge in [0.25, 0.3) is 0 Å². The molecule has 1 aromatic carbocycles. The Hall–Kier alpha value is -0.790. The van der Waals surface area contributed by atoms with Crippen molar-refractivity contribution in [2.45, 2.75) is 23.8 Å². The minimum Gasteiger partial charge on any atom is -0.389 e. The number of nitrogens with one attached hydrogen (secondary N) is 1. The van der Waals surface area contributed by atoms with Crippen molar-refractivity contribution in [1.29, 1.82) is 0 Å². The lowest BCUT2D eigenvalue weighted by molar-refractivity contribution is 0.562. The first-order valence-corrected chi connectivity index (χ1v) is 9.82. The molecule has 0 bridgehead atoms. The molecule has 4 nitrogen and oxygen atoms in total. The predicted molar refractivity (Wildman–Crippen MR) is 89.4 cm³/mol. The lowest BCUT2D eigenvalue weighted by Gasteiger charge is -2.25. The van der Waals surface area contributed by atoms with Gasteiger partial charge in [-0.25, -0.2) is 8.42 Å². The summed E-state index contributed by atoms with van der Waals surface area (Å²) >= 11 is 6.70. The van der Waals surface area contributed by atoms with Gasteiger partial charge in [-0.1, -0.05) is 18.3 Å². The van der Waals surface area contributed by atoms with Gasteiger partial charge in [0.1, 0.15) is 4.99 Å².